The third-order valence-corrected chi connectivity index (χ3v) is 2.76. The smallest absolute Gasteiger partial charge is 0.330 e. The molecule has 0 aliphatic heterocycles. The molecule has 0 rings (SSSR count). The van der Waals surface area contributed by atoms with Crippen LogP contribution in [0, 0.1) is 0 Å². The van der Waals surface area contributed by atoms with Gasteiger partial charge in [0.25, 0.3) is 10.1 Å². The van der Waals surface area contributed by atoms with Gasteiger partial charge in [0.05, 0.1) is 12.4 Å². The second kappa shape index (κ2) is 8.29. The molecule has 0 aliphatic rings. The van der Waals surface area contributed by atoms with Gasteiger partial charge in [0, 0.05) is 6.08 Å². The summed E-state index contributed by atoms with van der Waals surface area (Å²) in [7, 11) is -3.82. The van der Waals surface area contributed by atoms with Crippen molar-refractivity contribution in [2.75, 3.05) is 12.4 Å². The highest BCUT2D eigenvalue weighted by Crippen LogP contribution is 2.04. The number of hydrogen-bond acceptors (Lipinski definition) is 4. The Morgan fingerprint density at radius 2 is 1.75 bits per heavy atom. The second-order valence-corrected chi connectivity index (χ2v) is 5.00. The molecule has 0 heterocycles. The molecule has 16 heavy (non-hydrogen) atoms. The molecule has 0 aliphatic carbocycles. The number of unbranched alkanes of at least 4 members (excludes halogenated alkanes) is 4. The summed E-state index contributed by atoms with van der Waals surface area (Å²) in [5.41, 5.74) is 0. The maximum Gasteiger partial charge on any atom is 0.330 e. The van der Waals surface area contributed by atoms with Crippen LogP contribution >= 0.6 is 0 Å². The molecule has 0 saturated carbocycles. The summed E-state index contributed by atoms with van der Waals surface area (Å²) in [4.78, 5) is 10.6. The van der Waals surface area contributed by atoms with Crippen molar-refractivity contribution in [3.05, 3.63) is 12.7 Å². The van der Waals surface area contributed by atoms with E-state index in [-0.39, 0.29) is 5.75 Å². The van der Waals surface area contributed by atoms with E-state index in [0.29, 0.717) is 13.0 Å². The van der Waals surface area contributed by atoms with Crippen LogP contribution in [0.15, 0.2) is 12.7 Å². The SMILES string of the molecule is C=CC(=O)OCCCCCCCS(=O)(=O)O. The molecule has 0 unspecified atom stereocenters. The lowest BCUT2D eigenvalue weighted by molar-refractivity contribution is -0.137. The molecule has 0 aromatic carbocycles. The van der Waals surface area contributed by atoms with Crippen molar-refractivity contribution in [1.82, 2.24) is 0 Å². The largest absolute Gasteiger partial charge is 0.463 e. The number of rotatable bonds is 9. The number of hydrogen-bond donors (Lipinski definition) is 1. The lowest BCUT2D eigenvalue weighted by Crippen LogP contribution is -2.03. The summed E-state index contributed by atoms with van der Waals surface area (Å²) in [6, 6.07) is 0. The van der Waals surface area contributed by atoms with Gasteiger partial charge in [-0.15, -0.1) is 0 Å². The predicted octanol–water partition coefficient (Wildman–Crippen LogP) is 1.55. The van der Waals surface area contributed by atoms with Crippen LogP contribution in [0.4, 0.5) is 0 Å². The maximum atomic E-state index is 10.6. The van der Waals surface area contributed by atoms with Crippen LogP contribution in [0.25, 0.3) is 0 Å². The summed E-state index contributed by atoms with van der Waals surface area (Å²) in [5, 5.41) is 0. The molecule has 0 saturated heterocycles. The minimum Gasteiger partial charge on any atom is -0.463 e. The molecule has 94 valence electrons. The van der Waals surface area contributed by atoms with Crippen molar-refractivity contribution in [1.29, 1.82) is 0 Å². The van der Waals surface area contributed by atoms with E-state index in [0.717, 1.165) is 31.8 Å². The van der Waals surface area contributed by atoms with Gasteiger partial charge in [-0.05, 0) is 12.8 Å². The Hall–Kier alpha value is -0.880. The van der Waals surface area contributed by atoms with E-state index < -0.39 is 16.1 Å². The molecule has 0 atom stereocenters. The van der Waals surface area contributed by atoms with Crippen molar-refractivity contribution < 1.29 is 22.5 Å². The monoisotopic (exact) mass is 250 g/mol. The Morgan fingerprint density at radius 1 is 1.19 bits per heavy atom. The molecule has 0 fully saturated rings. The predicted molar refractivity (Wildman–Crippen MR) is 60.7 cm³/mol. The third-order valence-electron chi connectivity index (χ3n) is 1.96. The molecule has 0 amide bonds. The molecule has 1 N–H and O–H groups in total. The molecule has 5 nitrogen and oxygen atoms in total. The molecule has 0 radical (unpaired) electrons. The fourth-order valence-electron chi connectivity index (χ4n) is 1.15. The van der Waals surface area contributed by atoms with Gasteiger partial charge in [0.1, 0.15) is 0 Å². The first-order valence-electron chi connectivity index (χ1n) is 5.20. The van der Waals surface area contributed by atoms with Crippen LogP contribution in [-0.4, -0.2) is 31.3 Å². The second-order valence-electron chi connectivity index (χ2n) is 3.43. The summed E-state index contributed by atoms with van der Waals surface area (Å²) >= 11 is 0. The van der Waals surface area contributed by atoms with E-state index in [4.69, 9.17) is 9.29 Å². The Kier molecular flexibility index (Phi) is 7.84. The number of carbonyl (C=O) groups excluding carboxylic acids is 1. The standard InChI is InChI=1S/C10H18O5S/c1-2-10(11)15-8-6-4-3-5-7-9-16(12,13)14/h2H,1,3-9H2,(H,12,13,14). The van der Waals surface area contributed by atoms with Crippen LogP contribution in [0.2, 0.25) is 0 Å². The Bertz CT molecular complexity index is 307. The van der Waals surface area contributed by atoms with E-state index in [2.05, 4.69) is 6.58 Å². The highest BCUT2D eigenvalue weighted by molar-refractivity contribution is 7.85. The van der Waals surface area contributed by atoms with Crippen LogP contribution in [0.5, 0.6) is 0 Å². The first-order chi connectivity index (χ1) is 7.45. The fourth-order valence-corrected chi connectivity index (χ4v) is 1.72. The zero-order chi connectivity index (χ0) is 12.4. The Labute approximate surface area is 96.2 Å². The minimum atomic E-state index is -3.82. The number of carbonyl (C=O) groups is 1. The van der Waals surface area contributed by atoms with Crippen LogP contribution in [0.1, 0.15) is 32.1 Å². The summed E-state index contributed by atoms with van der Waals surface area (Å²) in [6.45, 7) is 3.63. The molecule has 0 spiro atoms. The Morgan fingerprint density at radius 3 is 2.31 bits per heavy atom. The number of ether oxygens (including phenoxy) is 1. The summed E-state index contributed by atoms with van der Waals surface area (Å²) < 4.78 is 33.9. The van der Waals surface area contributed by atoms with E-state index >= 15 is 0 Å². The van der Waals surface area contributed by atoms with E-state index in [1.165, 1.54) is 0 Å². The average molecular weight is 250 g/mol. The van der Waals surface area contributed by atoms with Crippen molar-refractivity contribution in [2.24, 2.45) is 0 Å². The van der Waals surface area contributed by atoms with E-state index in [1.807, 2.05) is 0 Å². The average Bonchev–Trinajstić information content (AvgIpc) is 2.20. The van der Waals surface area contributed by atoms with Gasteiger partial charge in [-0.1, -0.05) is 25.8 Å². The summed E-state index contributed by atoms with van der Waals surface area (Å²) in [6.07, 6.45) is 4.81. The maximum absolute atomic E-state index is 10.6. The molecular formula is C10H18O5S. The van der Waals surface area contributed by atoms with Crippen LogP contribution < -0.4 is 0 Å². The topological polar surface area (TPSA) is 80.7 Å². The molecule has 6 heteroatoms. The molecule has 0 aromatic heterocycles. The molecule has 0 aromatic rings. The minimum absolute atomic E-state index is 0.182. The lowest BCUT2D eigenvalue weighted by Gasteiger charge is -2.02. The van der Waals surface area contributed by atoms with Crippen molar-refractivity contribution in [3.63, 3.8) is 0 Å². The first kappa shape index (κ1) is 15.1. The fraction of sp³-hybridized carbons (Fsp3) is 0.700. The van der Waals surface area contributed by atoms with Gasteiger partial charge >= 0.3 is 5.97 Å². The van der Waals surface area contributed by atoms with Crippen LogP contribution in [-0.2, 0) is 19.6 Å². The zero-order valence-electron chi connectivity index (χ0n) is 9.22. The van der Waals surface area contributed by atoms with Crippen molar-refractivity contribution >= 4 is 16.1 Å². The van der Waals surface area contributed by atoms with Gasteiger partial charge in [-0.2, -0.15) is 8.42 Å². The molecular weight excluding hydrogens is 232 g/mol. The van der Waals surface area contributed by atoms with Gasteiger partial charge in [-0.25, -0.2) is 4.79 Å². The van der Waals surface area contributed by atoms with Gasteiger partial charge in [0.15, 0.2) is 0 Å². The summed E-state index contributed by atoms with van der Waals surface area (Å²) in [5.74, 6) is -0.607. The van der Waals surface area contributed by atoms with Gasteiger partial charge < -0.3 is 4.74 Å². The normalized spacial score (nSPS) is 11.1. The Balaban J connectivity index is 3.22. The van der Waals surface area contributed by atoms with Gasteiger partial charge in [-0.3, -0.25) is 4.55 Å². The first-order valence-corrected chi connectivity index (χ1v) is 6.81. The van der Waals surface area contributed by atoms with Crippen LogP contribution in [0.3, 0.4) is 0 Å². The highest BCUT2D eigenvalue weighted by atomic mass is 32.2. The zero-order valence-corrected chi connectivity index (χ0v) is 10.0. The van der Waals surface area contributed by atoms with E-state index in [9.17, 15) is 13.2 Å². The van der Waals surface area contributed by atoms with Crippen molar-refractivity contribution in [3.8, 4) is 0 Å². The quantitative estimate of drug-likeness (QED) is 0.290. The number of esters is 1. The van der Waals surface area contributed by atoms with E-state index in [1.54, 1.807) is 0 Å². The lowest BCUT2D eigenvalue weighted by atomic mass is 10.2. The van der Waals surface area contributed by atoms with Crippen molar-refractivity contribution in [2.45, 2.75) is 32.1 Å². The highest BCUT2D eigenvalue weighted by Gasteiger charge is 2.02. The molecule has 0 bridgehead atoms. The third kappa shape index (κ3) is 11.2. The van der Waals surface area contributed by atoms with Gasteiger partial charge in [0.2, 0.25) is 0 Å².